The monoisotopic (exact) mass is 468 g/mol. The number of aliphatic hydroxyl groups is 1. The van der Waals surface area contributed by atoms with E-state index in [1.54, 1.807) is 48.5 Å². The van der Waals surface area contributed by atoms with Crippen molar-refractivity contribution in [3.63, 3.8) is 0 Å². The van der Waals surface area contributed by atoms with Crippen molar-refractivity contribution in [1.29, 1.82) is 0 Å². The van der Waals surface area contributed by atoms with E-state index in [-0.39, 0.29) is 22.1 Å². The van der Waals surface area contributed by atoms with Crippen molar-refractivity contribution in [2.24, 2.45) is 0 Å². The lowest BCUT2D eigenvalue weighted by molar-refractivity contribution is 0.102. The van der Waals surface area contributed by atoms with Gasteiger partial charge in [-0.05, 0) is 73.0 Å². The number of fused-ring (bicyclic) bond motifs is 1. The summed E-state index contributed by atoms with van der Waals surface area (Å²) < 4.78 is 27.4. The second kappa shape index (κ2) is 8.43. The number of H-pyrrole nitrogens is 1. The molecule has 0 aliphatic carbocycles. The van der Waals surface area contributed by atoms with Crippen molar-refractivity contribution in [1.82, 2.24) is 4.98 Å². The third kappa shape index (κ3) is 4.14. The van der Waals surface area contributed by atoms with Crippen LogP contribution in [0.1, 0.15) is 27.2 Å². The fraction of sp³-hybridized carbons (Fsp3) is 0.125. The summed E-state index contributed by atoms with van der Waals surface area (Å²) >= 11 is 6.15. The summed E-state index contributed by atoms with van der Waals surface area (Å²) in [6, 6.07) is 16.5. The number of sulfone groups is 1. The van der Waals surface area contributed by atoms with Crippen molar-refractivity contribution in [3.05, 3.63) is 88.1 Å². The molecule has 1 aromatic heterocycles. The fourth-order valence-corrected chi connectivity index (χ4v) is 5.63. The summed E-state index contributed by atoms with van der Waals surface area (Å²) in [7, 11) is -4.05. The summed E-state index contributed by atoms with van der Waals surface area (Å²) in [4.78, 5) is 16.1. The molecule has 0 saturated heterocycles. The number of anilines is 1. The van der Waals surface area contributed by atoms with Gasteiger partial charge in [-0.3, -0.25) is 4.79 Å². The molecule has 32 heavy (non-hydrogen) atoms. The number of hydrogen-bond acceptors (Lipinski definition) is 4. The van der Waals surface area contributed by atoms with E-state index >= 15 is 0 Å². The minimum atomic E-state index is -4.05. The predicted octanol–water partition coefficient (Wildman–Crippen LogP) is 5.02. The summed E-state index contributed by atoms with van der Waals surface area (Å²) in [5, 5.41) is 12.6. The lowest BCUT2D eigenvalue weighted by Crippen LogP contribution is -2.16. The lowest BCUT2D eigenvalue weighted by atomic mass is 10.2. The third-order valence-corrected chi connectivity index (χ3v) is 7.16. The summed E-state index contributed by atoms with van der Waals surface area (Å²) in [6.45, 7) is 3.53. The number of amides is 1. The average molecular weight is 469 g/mol. The normalized spacial score (nSPS) is 11.6. The van der Waals surface area contributed by atoms with E-state index in [0.29, 0.717) is 27.2 Å². The van der Waals surface area contributed by atoms with Crippen LogP contribution < -0.4 is 5.32 Å². The molecule has 6 nitrogen and oxygen atoms in total. The number of nitrogens with one attached hydrogen (secondary N) is 2. The van der Waals surface area contributed by atoms with Gasteiger partial charge in [0.25, 0.3) is 5.91 Å². The fourth-order valence-electron chi connectivity index (χ4n) is 3.67. The van der Waals surface area contributed by atoms with E-state index in [9.17, 15) is 18.3 Å². The first-order valence-corrected chi connectivity index (χ1v) is 11.7. The topological polar surface area (TPSA) is 99.3 Å². The van der Waals surface area contributed by atoms with Crippen LogP contribution in [0.3, 0.4) is 0 Å². The Morgan fingerprint density at radius 3 is 2.28 bits per heavy atom. The third-order valence-electron chi connectivity index (χ3n) is 5.11. The van der Waals surface area contributed by atoms with E-state index in [1.807, 2.05) is 19.9 Å². The number of benzene rings is 3. The maximum atomic E-state index is 13.7. The zero-order valence-corrected chi connectivity index (χ0v) is 19.0. The van der Waals surface area contributed by atoms with Gasteiger partial charge in [0.05, 0.1) is 11.5 Å². The maximum Gasteiger partial charge on any atom is 0.273 e. The molecule has 0 spiro atoms. The predicted molar refractivity (Wildman–Crippen MR) is 125 cm³/mol. The SMILES string of the molecule is Cc1cc(C)cc(S(=O)(=O)c2c(C(=O)Nc3ccc(CO)cc3)[nH]c3ccc(Cl)cc23)c1. The first-order chi connectivity index (χ1) is 15.2. The smallest absolute Gasteiger partial charge is 0.273 e. The van der Waals surface area contributed by atoms with E-state index in [0.717, 1.165) is 11.1 Å². The molecule has 4 aromatic rings. The zero-order valence-electron chi connectivity index (χ0n) is 17.4. The molecule has 0 aliphatic rings. The van der Waals surface area contributed by atoms with E-state index in [4.69, 9.17) is 11.6 Å². The van der Waals surface area contributed by atoms with Crippen molar-refractivity contribution >= 4 is 43.9 Å². The van der Waals surface area contributed by atoms with Crippen LogP contribution in [0.5, 0.6) is 0 Å². The lowest BCUT2D eigenvalue weighted by Gasteiger charge is -2.10. The number of carbonyl (C=O) groups is 1. The molecule has 1 amide bonds. The number of aryl methyl sites for hydroxylation is 2. The van der Waals surface area contributed by atoms with Gasteiger partial charge in [0.1, 0.15) is 10.6 Å². The number of aromatic amines is 1. The molecule has 8 heteroatoms. The van der Waals surface area contributed by atoms with Gasteiger partial charge in [-0.1, -0.05) is 29.8 Å². The highest BCUT2D eigenvalue weighted by atomic mass is 35.5. The van der Waals surface area contributed by atoms with E-state index in [2.05, 4.69) is 10.3 Å². The Labute approximate surface area is 190 Å². The molecule has 4 rings (SSSR count). The molecule has 0 atom stereocenters. The molecule has 0 aliphatic heterocycles. The molecule has 0 bridgehead atoms. The first-order valence-electron chi connectivity index (χ1n) is 9.85. The molecule has 164 valence electrons. The van der Waals surface area contributed by atoms with Gasteiger partial charge in [-0.25, -0.2) is 8.42 Å². The van der Waals surface area contributed by atoms with E-state index in [1.165, 1.54) is 6.07 Å². The van der Waals surface area contributed by atoms with Crippen LogP contribution in [0.25, 0.3) is 10.9 Å². The minimum Gasteiger partial charge on any atom is -0.392 e. The number of rotatable bonds is 5. The Kier molecular flexibility index (Phi) is 5.81. The zero-order chi connectivity index (χ0) is 23.0. The summed E-state index contributed by atoms with van der Waals surface area (Å²) in [5.41, 5.74) is 3.18. The van der Waals surface area contributed by atoms with Crippen LogP contribution >= 0.6 is 11.6 Å². The highest BCUT2D eigenvalue weighted by molar-refractivity contribution is 7.91. The van der Waals surface area contributed by atoms with Gasteiger partial charge in [0.15, 0.2) is 0 Å². The Morgan fingerprint density at radius 1 is 1.00 bits per heavy atom. The van der Waals surface area contributed by atoms with Crippen molar-refractivity contribution in [2.45, 2.75) is 30.2 Å². The van der Waals surface area contributed by atoms with Crippen LogP contribution in [-0.2, 0) is 16.4 Å². The minimum absolute atomic E-state index is 0.0762. The molecule has 0 saturated carbocycles. The van der Waals surface area contributed by atoms with Gasteiger partial charge in [0, 0.05) is 21.6 Å². The summed E-state index contributed by atoms with van der Waals surface area (Å²) in [6.07, 6.45) is 0. The van der Waals surface area contributed by atoms with Crippen LogP contribution in [0.4, 0.5) is 5.69 Å². The Balaban J connectivity index is 1.88. The van der Waals surface area contributed by atoms with E-state index < -0.39 is 15.7 Å². The Bertz CT molecular complexity index is 1420. The summed E-state index contributed by atoms with van der Waals surface area (Å²) in [5.74, 6) is -0.600. The second-order valence-electron chi connectivity index (χ2n) is 7.66. The van der Waals surface area contributed by atoms with Gasteiger partial charge >= 0.3 is 0 Å². The van der Waals surface area contributed by atoms with Crippen LogP contribution in [0, 0.1) is 13.8 Å². The van der Waals surface area contributed by atoms with Gasteiger partial charge in [-0.2, -0.15) is 0 Å². The van der Waals surface area contributed by atoms with Gasteiger partial charge in [-0.15, -0.1) is 0 Å². The largest absolute Gasteiger partial charge is 0.392 e. The number of hydrogen-bond donors (Lipinski definition) is 3. The molecule has 1 heterocycles. The molecule has 3 aromatic carbocycles. The molecule has 0 fully saturated rings. The Morgan fingerprint density at radius 2 is 1.66 bits per heavy atom. The van der Waals surface area contributed by atoms with Crippen LogP contribution in [0.15, 0.2) is 70.5 Å². The highest BCUT2D eigenvalue weighted by Crippen LogP contribution is 2.34. The van der Waals surface area contributed by atoms with Gasteiger partial charge < -0.3 is 15.4 Å². The van der Waals surface area contributed by atoms with Crippen LogP contribution in [-0.4, -0.2) is 24.4 Å². The molecular weight excluding hydrogens is 448 g/mol. The standard InChI is InChI=1S/C24H21ClN2O4S/c1-14-9-15(2)11-19(10-14)32(30,31)23-20-12-17(25)5-8-21(20)27-22(23)24(29)26-18-6-3-16(13-28)4-7-18/h3-12,27-28H,13H2,1-2H3,(H,26,29). The molecule has 0 unspecified atom stereocenters. The van der Waals surface area contributed by atoms with Crippen molar-refractivity contribution in [2.75, 3.05) is 5.32 Å². The van der Waals surface area contributed by atoms with Gasteiger partial charge in [0.2, 0.25) is 9.84 Å². The number of carbonyl (C=O) groups excluding carboxylic acids is 1. The molecular formula is C24H21ClN2O4S. The molecule has 0 radical (unpaired) electrons. The number of halogens is 1. The average Bonchev–Trinajstić information content (AvgIpc) is 3.13. The maximum absolute atomic E-state index is 13.7. The number of aromatic nitrogens is 1. The highest BCUT2D eigenvalue weighted by Gasteiger charge is 2.30. The quantitative estimate of drug-likeness (QED) is 0.383. The van der Waals surface area contributed by atoms with Crippen molar-refractivity contribution < 1.29 is 18.3 Å². The second-order valence-corrected chi connectivity index (χ2v) is 9.98. The first kappa shape index (κ1) is 22.1. The number of aliphatic hydroxyl groups excluding tert-OH is 1. The van der Waals surface area contributed by atoms with Crippen molar-refractivity contribution in [3.8, 4) is 0 Å². The van der Waals surface area contributed by atoms with Crippen LogP contribution in [0.2, 0.25) is 5.02 Å². The molecule has 3 N–H and O–H groups in total. The Hall–Kier alpha value is -3.13.